The van der Waals surface area contributed by atoms with Crippen molar-refractivity contribution in [2.24, 2.45) is 0 Å². The van der Waals surface area contributed by atoms with Crippen LogP contribution in [0.2, 0.25) is 0 Å². The van der Waals surface area contributed by atoms with E-state index < -0.39 is 0 Å². The number of hydrogen-bond donors (Lipinski definition) is 1. The van der Waals surface area contributed by atoms with Crippen LogP contribution in [-0.4, -0.2) is 4.98 Å². The summed E-state index contributed by atoms with van der Waals surface area (Å²) in [7, 11) is 0. The zero-order valence-electron chi connectivity index (χ0n) is 14.1. The van der Waals surface area contributed by atoms with Crippen molar-refractivity contribution in [3.05, 3.63) is 77.9 Å². The van der Waals surface area contributed by atoms with E-state index in [2.05, 4.69) is 67.7 Å². The minimum Gasteiger partial charge on any atom is -0.356 e. The Bertz CT molecular complexity index is 966. The molecule has 1 heterocycles. The Morgan fingerprint density at radius 3 is 2.20 bits per heavy atom. The van der Waals surface area contributed by atoms with Gasteiger partial charge in [-0.15, -0.1) is 11.3 Å². The first-order valence-corrected chi connectivity index (χ1v) is 9.79. The minimum atomic E-state index is 1.09. The van der Waals surface area contributed by atoms with Crippen molar-refractivity contribution < 1.29 is 0 Å². The monoisotopic (exact) mass is 362 g/mol. The number of aryl methyl sites for hydroxylation is 2. The molecule has 0 aliphatic carbocycles. The molecule has 0 atom stereocenters. The number of nitrogens with zero attached hydrogens (tertiary/aromatic N) is 1. The number of fused-ring (bicyclic) bond motifs is 1. The smallest absolute Gasteiger partial charge is 0.155 e. The van der Waals surface area contributed by atoms with E-state index in [4.69, 9.17) is 4.98 Å². The average Bonchev–Trinajstić information content (AvgIpc) is 3.06. The zero-order valence-corrected chi connectivity index (χ0v) is 15.7. The summed E-state index contributed by atoms with van der Waals surface area (Å²) in [5, 5.41) is 3.41. The molecule has 2 nitrogen and oxygen atoms in total. The van der Waals surface area contributed by atoms with E-state index in [-0.39, 0.29) is 0 Å². The highest BCUT2D eigenvalue weighted by atomic mass is 32.2. The maximum Gasteiger partial charge on any atom is 0.155 e. The van der Waals surface area contributed by atoms with Gasteiger partial charge < -0.3 is 5.32 Å². The molecule has 0 aliphatic heterocycles. The summed E-state index contributed by atoms with van der Waals surface area (Å²) in [5.74, 6) is 0. The summed E-state index contributed by atoms with van der Waals surface area (Å²) in [5.41, 5.74) is 5.86. The fourth-order valence-corrected chi connectivity index (χ4v) is 4.84. The van der Waals surface area contributed by atoms with Gasteiger partial charge in [0.05, 0.1) is 10.2 Å². The van der Waals surface area contributed by atoms with Gasteiger partial charge in [-0.3, -0.25) is 0 Å². The van der Waals surface area contributed by atoms with Gasteiger partial charge in [-0.2, -0.15) is 0 Å². The molecule has 4 heteroatoms. The number of hydrogen-bond acceptors (Lipinski definition) is 4. The second-order valence-corrected chi connectivity index (χ2v) is 8.29. The molecule has 4 rings (SSSR count). The quantitative estimate of drug-likeness (QED) is 0.432. The Hall–Kier alpha value is -2.30. The zero-order chi connectivity index (χ0) is 17.2. The van der Waals surface area contributed by atoms with Crippen LogP contribution >= 0.6 is 23.1 Å². The Labute approximate surface area is 155 Å². The van der Waals surface area contributed by atoms with E-state index >= 15 is 0 Å². The molecule has 124 valence electrons. The first-order chi connectivity index (χ1) is 12.2. The summed E-state index contributed by atoms with van der Waals surface area (Å²) in [6, 6.07) is 23.0. The maximum atomic E-state index is 4.82. The Balaban J connectivity index is 1.53. The molecule has 0 radical (unpaired) electrons. The lowest BCUT2D eigenvalue weighted by Gasteiger charge is -2.06. The van der Waals surface area contributed by atoms with Crippen LogP contribution < -0.4 is 5.32 Å². The van der Waals surface area contributed by atoms with Crippen molar-refractivity contribution in [3.63, 3.8) is 0 Å². The molecule has 1 N–H and O–H groups in total. The average molecular weight is 363 g/mol. The lowest BCUT2D eigenvalue weighted by Crippen LogP contribution is -1.88. The van der Waals surface area contributed by atoms with Gasteiger partial charge in [0.2, 0.25) is 0 Å². The van der Waals surface area contributed by atoms with Crippen molar-refractivity contribution in [2.75, 3.05) is 5.32 Å². The molecule has 3 aromatic carbocycles. The minimum absolute atomic E-state index is 1.09. The predicted molar refractivity (Wildman–Crippen MR) is 109 cm³/mol. The summed E-state index contributed by atoms with van der Waals surface area (Å²) in [6.07, 6.45) is 0. The van der Waals surface area contributed by atoms with Crippen molar-refractivity contribution in [3.8, 4) is 0 Å². The van der Waals surface area contributed by atoms with Crippen molar-refractivity contribution >= 4 is 44.7 Å². The molecular weight excluding hydrogens is 344 g/mol. The van der Waals surface area contributed by atoms with Crippen molar-refractivity contribution in [1.82, 2.24) is 4.98 Å². The number of rotatable bonds is 4. The number of anilines is 2. The van der Waals surface area contributed by atoms with Crippen molar-refractivity contribution in [2.45, 2.75) is 23.1 Å². The third kappa shape index (κ3) is 3.55. The lowest BCUT2D eigenvalue weighted by atomic mass is 10.1. The Morgan fingerprint density at radius 2 is 1.48 bits per heavy atom. The SMILES string of the molecule is Cc1ccc(C)c2sc(Sc3ccc(Nc4ccccc4)cc3)nc12. The highest BCUT2D eigenvalue weighted by Crippen LogP contribution is 2.37. The van der Waals surface area contributed by atoms with Crippen LogP contribution in [0.25, 0.3) is 10.2 Å². The second-order valence-electron chi connectivity index (χ2n) is 5.97. The summed E-state index contributed by atoms with van der Waals surface area (Å²) in [6.45, 7) is 4.28. The molecule has 4 aromatic rings. The van der Waals surface area contributed by atoms with Gasteiger partial charge in [0.25, 0.3) is 0 Å². The van der Waals surface area contributed by atoms with Gasteiger partial charge >= 0.3 is 0 Å². The van der Waals surface area contributed by atoms with E-state index in [1.807, 2.05) is 18.2 Å². The molecular formula is C21H18N2S2. The third-order valence-electron chi connectivity index (χ3n) is 4.04. The second kappa shape index (κ2) is 6.90. The normalized spacial score (nSPS) is 11.0. The van der Waals surface area contributed by atoms with E-state index in [1.165, 1.54) is 20.7 Å². The number of aromatic nitrogens is 1. The summed E-state index contributed by atoms with van der Waals surface area (Å²) < 4.78 is 2.39. The Kier molecular flexibility index (Phi) is 4.47. The largest absolute Gasteiger partial charge is 0.356 e. The standard InChI is InChI=1S/C21H18N2S2/c1-14-8-9-15(2)20-19(14)23-21(25-20)24-18-12-10-17(11-13-18)22-16-6-4-3-5-7-16/h3-13,22H,1-2H3. The van der Waals surface area contributed by atoms with Crippen molar-refractivity contribution in [1.29, 1.82) is 0 Å². The van der Waals surface area contributed by atoms with Gasteiger partial charge in [-0.25, -0.2) is 4.98 Å². The van der Waals surface area contributed by atoms with Crippen LogP contribution in [0.4, 0.5) is 11.4 Å². The molecule has 0 saturated heterocycles. The Morgan fingerprint density at radius 1 is 0.800 bits per heavy atom. The third-order valence-corrected chi connectivity index (χ3v) is 6.30. The maximum absolute atomic E-state index is 4.82. The topological polar surface area (TPSA) is 24.9 Å². The van der Waals surface area contributed by atoms with Gasteiger partial charge in [0, 0.05) is 16.3 Å². The number of thiazole rings is 1. The molecule has 0 bridgehead atoms. The summed E-state index contributed by atoms with van der Waals surface area (Å²) in [4.78, 5) is 6.03. The summed E-state index contributed by atoms with van der Waals surface area (Å²) >= 11 is 3.50. The molecule has 25 heavy (non-hydrogen) atoms. The molecule has 0 unspecified atom stereocenters. The molecule has 0 fully saturated rings. The lowest BCUT2D eigenvalue weighted by molar-refractivity contribution is 1.27. The van der Waals surface area contributed by atoms with Crippen LogP contribution in [0.15, 0.2) is 76.0 Å². The molecule has 0 aliphatic rings. The highest BCUT2D eigenvalue weighted by Gasteiger charge is 2.09. The first-order valence-electron chi connectivity index (χ1n) is 8.16. The van der Waals surface area contributed by atoms with Crippen LogP contribution in [0.1, 0.15) is 11.1 Å². The highest BCUT2D eigenvalue weighted by molar-refractivity contribution is 8.01. The number of benzene rings is 3. The van der Waals surface area contributed by atoms with Crippen LogP contribution in [0.5, 0.6) is 0 Å². The number of para-hydroxylation sites is 1. The van der Waals surface area contributed by atoms with Crippen LogP contribution in [0, 0.1) is 13.8 Å². The predicted octanol–water partition coefficient (Wildman–Crippen LogP) is 6.81. The van der Waals surface area contributed by atoms with Gasteiger partial charge in [0.15, 0.2) is 4.34 Å². The number of nitrogens with one attached hydrogen (secondary N) is 1. The fraction of sp³-hybridized carbons (Fsp3) is 0.0952. The molecule has 0 saturated carbocycles. The van der Waals surface area contributed by atoms with Gasteiger partial charge in [0.1, 0.15) is 0 Å². The van der Waals surface area contributed by atoms with E-state index in [1.54, 1.807) is 23.1 Å². The first kappa shape index (κ1) is 16.2. The van der Waals surface area contributed by atoms with Gasteiger partial charge in [-0.05, 0) is 61.4 Å². The van der Waals surface area contributed by atoms with E-state index in [9.17, 15) is 0 Å². The van der Waals surface area contributed by atoms with E-state index in [0.717, 1.165) is 21.2 Å². The fourth-order valence-electron chi connectivity index (χ4n) is 2.68. The molecule has 1 aromatic heterocycles. The molecule has 0 amide bonds. The van der Waals surface area contributed by atoms with Crippen LogP contribution in [0.3, 0.4) is 0 Å². The van der Waals surface area contributed by atoms with Gasteiger partial charge in [-0.1, -0.05) is 42.1 Å². The van der Waals surface area contributed by atoms with Crippen LogP contribution in [-0.2, 0) is 0 Å². The molecule has 0 spiro atoms. The van der Waals surface area contributed by atoms with E-state index in [0.29, 0.717) is 0 Å².